The molecule has 0 radical (unpaired) electrons. The first kappa shape index (κ1) is 26.6. The molecule has 1 saturated carbocycles. The molecule has 2 fully saturated rings. The number of aryl methyl sites for hydroxylation is 1. The van der Waals surface area contributed by atoms with Crippen molar-refractivity contribution >= 4 is 17.3 Å². The van der Waals surface area contributed by atoms with Crippen molar-refractivity contribution in [3.8, 4) is 22.8 Å². The molecule has 40 heavy (non-hydrogen) atoms. The second-order valence-corrected chi connectivity index (χ2v) is 11.9. The molecule has 7 heteroatoms. The number of hydrogen-bond donors (Lipinski definition) is 1. The zero-order chi connectivity index (χ0) is 28.0. The molecule has 210 valence electrons. The molecule has 6 rings (SSSR count). The maximum Gasteiger partial charge on any atom is 0.227 e. The SMILES string of the molecule is C=C1COc2c(C)cc(-c3nc(Nc4ccc(C5CCN(C)CC5)c(OC)c4)ncc3C3CC3)cc2N1C(C)C. The van der Waals surface area contributed by atoms with Crippen molar-refractivity contribution in [2.75, 3.05) is 44.1 Å². The molecule has 2 aliphatic heterocycles. The summed E-state index contributed by atoms with van der Waals surface area (Å²) in [5, 5.41) is 3.46. The molecule has 1 aromatic heterocycles. The lowest BCUT2D eigenvalue weighted by molar-refractivity contribution is 0.252. The van der Waals surface area contributed by atoms with Crippen LogP contribution in [-0.2, 0) is 0 Å². The van der Waals surface area contributed by atoms with E-state index in [0.29, 0.717) is 24.4 Å². The van der Waals surface area contributed by atoms with Crippen molar-refractivity contribution in [3.63, 3.8) is 0 Å². The van der Waals surface area contributed by atoms with E-state index in [1.165, 1.54) is 24.0 Å². The van der Waals surface area contributed by atoms with E-state index in [0.717, 1.165) is 71.3 Å². The molecule has 1 saturated heterocycles. The normalized spacial score (nSPS) is 18.1. The van der Waals surface area contributed by atoms with Crippen LogP contribution in [-0.4, -0.2) is 54.8 Å². The summed E-state index contributed by atoms with van der Waals surface area (Å²) in [5.41, 5.74) is 8.64. The zero-order valence-electron chi connectivity index (χ0n) is 24.5. The predicted octanol–water partition coefficient (Wildman–Crippen LogP) is 7.01. The second-order valence-electron chi connectivity index (χ2n) is 11.9. The first-order valence-electron chi connectivity index (χ1n) is 14.6. The highest BCUT2D eigenvalue weighted by molar-refractivity contribution is 5.78. The Hall–Kier alpha value is -3.58. The first-order valence-corrected chi connectivity index (χ1v) is 14.6. The van der Waals surface area contributed by atoms with Crippen LogP contribution in [0.3, 0.4) is 0 Å². The number of fused-ring (bicyclic) bond motifs is 1. The van der Waals surface area contributed by atoms with Crippen LogP contribution in [0.25, 0.3) is 11.3 Å². The predicted molar refractivity (Wildman–Crippen MR) is 162 cm³/mol. The summed E-state index contributed by atoms with van der Waals surface area (Å²) in [6, 6.07) is 11.1. The molecule has 3 aliphatic rings. The molecule has 3 heterocycles. The third kappa shape index (κ3) is 5.15. The van der Waals surface area contributed by atoms with Crippen molar-refractivity contribution in [1.82, 2.24) is 14.9 Å². The molecule has 0 atom stereocenters. The summed E-state index contributed by atoms with van der Waals surface area (Å²) in [5.74, 6) is 3.49. The average molecular weight is 540 g/mol. The van der Waals surface area contributed by atoms with Gasteiger partial charge in [-0.3, -0.25) is 0 Å². The zero-order valence-corrected chi connectivity index (χ0v) is 24.5. The minimum Gasteiger partial charge on any atom is -0.496 e. The quantitative estimate of drug-likeness (QED) is 0.346. The lowest BCUT2D eigenvalue weighted by atomic mass is 9.89. The lowest BCUT2D eigenvalue weighted by Crippen LogP contribution is -2.35. The summed E-state index contributed by atoms with van der Waals surface area (Å²) >= 11 is 0. The van der Waals surface area contributed by atoms with E-state index in [1.54, 1.807) is 7.11 Å². The fourth-order valence-corrected chi connectivity index (χ4v) is 6.25. The summed E-state index contributed by atoms with van der Waals surface area (Å²) in [7, 11) is 3.95. The van der Waals surface area contributed by atoms with Gasteiger partial charge in [0.15, 0.2) is 0 Å². The number of anilines is 3. The Labute approximate surface area is 238 Å². The number of nitrogens with zero attached hydrogens (tertiary/aromatic N) is 4. The lowest BCUT2D eigenvalue weighted by Gasteiger charge is -2.37. The van der Waals surface area contributed by atoms with E-state index in [1.807, 2.05) is 6.20 Å². The largest absolute Gasteiger partial charge is 0.496 e. The van der Waals surface area contributed by atoms with Gasteiger partial charge >= 0.3 is 0 Å². The molecule has 0 unspecified atom stereocenters. The van der Waals surface area contributed by atoms with Gasteiger partial charge in [0.25, 0.3) is 0 Å². The van der Waals surface area contributed by atoms with Crippen molar-refractivity contribution < 1.29 is 9.47 Å². The van der Waals surface area contributed by atoms with Gasteiger partial charge < -0.3 is 24.6 Å². The number of nitrogens with one attached hydrogen (secondary N) is 1. The van der Waals surface area contributed by atoms with E-state index in [-0.39, 0.29) is 6.04 Å². The van der Waals surface area contributed by atoms with Gasteiger partial charge in [-0.2, -0.15) is 0 Å². The number of hydrogen-bond acceptors (Lipinski definition) is 7. The highest BCUT2D eigenvalue weighted by atomic mass is 16.5. The van der Waals surface area contributed by atoms with Gasteiger partial charge in [-0.05, 0) is 108 Å². The van der Waals surface area contributed by atoms with Gasteiger partial charge in [0.05, 0.1) is 18.5 Å². The van der Waals surface area contributed by atoms with E-state index in [4.69, 9.17) is 19.4 Å². The smallest absolute Gasteiger partial charge is 0.227 e. The molecule has 1 aliphatic carbocycles. The van der Waals surface area contributed by atoms with Crippen LogP contribution in [0.2, 0.25) is 0 Å². The van der Waals surface area contributed by atoms with Gasteiger partial charge in [-0.25, -0.2) is 9.97 Å². The Kier molecular flexibility index (Phi) is 7.17. The Morgan fingerprint density at radius 1 is 1.05 bits per heavy atom. The fraction of sp³-hybridized carbons (Fsp3) is 0.455. The van der Waals surface area contributed by atoms with Crippen LogP contribution in [0.4, 0.5) is 17.3 Å². The van der Waals surface area contributed by atoms with Crippen LogP contribution in [0, 0.1) is 6.92 Å². The van der Waals surface area contributed by atoms with Gasteiger partial charge in [0.1, 0.15) is 18.1 Å². The fourth-order valence-electron chi connectivity index (χ4n) is 6.25. The van der Waals surface area contributed by atoms with Gasteiger partial charge in [0, 0.05) is 40.8 Å². The highest BCUT2D eigenvalue weighted by Crippen LogP contribution is 2.47. The van der Waals surface area contributed by atoms with Crippen LogP contribution >= 0.6 is 0 Å². The number of benzene rings is 2. The van der Waals surface area contributed by atoms with Crippen molar-refractivity contribution in [1.29, 1.82) is 0 Å². The molecule has 0 amide bonds. The second kappa shape index (κ2) is 10.8. The molecule has 0 spiro atoms. The Morgan fingerprint density at radius 2 is 1.80 bits per heavy atom. The summed E-state index contributed by atoms with van der Waals surface area (Å²) in [4.78, 5) is 14.5. The van der Waals surface area contributed by atoms with Gasteiger partial charge in [-0.1, -0.05) is 12.6 Å². The maximum absolute atomic E-state index is 6.11. The monoisotopic (exact) mass is 539 g/mol. The van der Waals surface area contributed by atoms with Crippen LogP contribution < -0.4 is 19.7 Å². The van der Waals surface area contributed by atoms with Crippen LogP contribution in [0.5, 0.6) is 11.5 Å². The number of piperidine rings is 1. The molecule has 7 nitrogen and oxygen atoms in total. The third-order valence-electron chi connectivity index (χ3n) is 8.51. The summed E-state index contributed by atoms with van der Waals surface area (Å²) in [6.45, 7) is 13.5. The van der Waals surface area contributed by atoms with Crippen molar-refractivity contribution in [2.24, 2.45) is 0 Å². The van der Waals surface area contributed by atoms with Crippen LogP contribution in [0.1, 0.15) is 68.1 Å². The topological polar surface area (TPSA) is 62.8 Å². The van der Waals surface area contributed by atoms with Gasteiger partial charge in [0.2, 0.25) is 5.95 Å². The standard InChI is InChI=1S/C33H41N5O2/c1-20(2)38-22(4)19-40-32-21(3)15-25(16-29(32)38)31-28(23-7-8-23)18-34-33(36-31)35-26-9-10-27(30(17-26)39-6)24-11-13-37(5)14-12-24/h9-10,15-18,20,23-24H,4,7-8,11-14,19H2,1-3,5-6H3,(H,34,35,36). The Balaban J connectivity index is 1.34. The van der Waals surface area contributed by atoms with Gasteiger partial charge in [-0.15, -0.1) is 0 Å². The minimum absolute atomic E-state index is 0.280. The highest BCUT2D eigenvalue weighted by Gasteiger charge is 2.31. The Morgan fingerprint density at radius 3 is 2.50 bits per heavy atom. The number of rotatable bonds is 7. The molecular formula is C33H41N5O2. The third-order valence-corrected chi connectivity index (χ3v) is 8.51. The first-order chi connectivity index (χ1) is 19.3. The average Bonchev–Trinajstić information content (AvgIpc) is 3.78. The number of methoxy groups -OCH3 is 1. The van der Waals surface area contributed by atoms with E-state index in [2.05, 4.69) is 79.8 Å². The number of ether oxygens (including phenoxy) is 2. The summed E-state index contributed by atoms with van der Waals surface area (Å²) in [6.07, 6.45) is 6.68. The van der Waals surface area contributed by atoms with E-state index in [9.17, 15) is 0 Å². The Bertz CT molecular complexity index is 1420. The summed E-state index contributed by atoms with van der Waals surface area (Å²) < 4.78 is 12.0. The molecule has 3 aromatic rings. The molecular weight excluding hydrogens is 498 g/mol. The molecule has 0 bridgehead atoms. The molecule has 2 aromatic carbocycles. The van der Waals surface area contributed by atoms with E-state index < -0.39 is 0 Å². The number of likely N-dealkylation sites (tertiary alicyclic amines) is 1. The number of aromatic nitrogens is 2. The van der Waals surface area contributed by atoms with Crippen LogP contribution in [0.15, 0.2) is 48.8 Å². The van der Waals surface area contributed by atoms with Crippen molar-refractivity contribution in [2.45, 2.75) is 64.3 Å². The minimum atomic E-state index is 0.280. The molecule has 1 N–H and O–H groups in total. The van der Waals surface area contributed by atoms with E-state index >= 15 is 0 Å². The van der Waals surface area contributed by atoms with Crippen molar-refractivity contribution in [3.05, 3.63) is 65.5 Å². The maximum atomic E-state index is 6.11.